The first-order valence-electron chi connectivity index (χ1n) is 4.26. The average Bonchev–Trinajstić information content (AvgIpc) is 2.09. The van der Waals surface area contributed by atoms with Crippen LogP contribution in [0.1, 0.15) is 19.8 Å². The fourth-order valence-corrected chi connectivity index (χ4v) is 0.710. The van der Waals surface area contributed by atoms with Crippen molar-refractivity contribution in [1.82, 2.24) is 5.32 Å². The molecule has 0 atom stereocenters. The summed E-state index contributed by atoms with van der Waals surface area (Å²) in [5.41, 5.74) is 0. The highest BCUT2D eigenvalue weighted by Crippen LogP contribution is 1.83. The molecule has 4 nitrogen and oxygen atoms in total. The number of unbranched alkanes of at least 4 members (excludes halogenated alkanes) is 1. The van der Waals surface area contributed by atoms with Gasteiger partial charge in [-0.1, -0.05) is 0 Å². The van der Waals surface area contributed by atoms with Crippen molar-refractivity contribution in [2.24, 2.45) is 0 Å². The third kappa shape index (κ3) is 7.50. The normalized spacial score (nSPS) is 9.83. The number of carbonyl (C=O) groups excluding carboxylic acids is 1. The third-order valence-corrected chi connectivity index (χ3v) is 1.34. The van der Waals surface area contributed by atoms with Crippen molar-refractivity contribution in [2.45, 2.75) is 19.8 Å². The Morgan fingerprint density at radius 2 is 2.25 bits per heavy atom. The average molecular weight is 175 g/mol. The lowest BCUT2D eigenvalue weighted by atomic mass is 10.3. The molecule has 0 heterocycles. The van der Waals surface area contributed by atoms with Gasteiger partial charge < -0.3 is 15.2 Å². The molecule has 2 N–H and O–H groups in total. The van der Waals surface area contributed by atoms with Gasteiger partial charge in [-0.15, -0.1) is 0 Å². The zero-order valence-corrected chi connectivity index (χ0v) is 7.51. The molecule has 0 saturated heterocycles. The highest BCUT2D eigenvalue weighted by atomic mass is 16.5. The fraction of sp³-hybridized carbons (Fsp3) is 0.875. The monoisotopic (exact) mass is 175 g/mol. The van der Waals surface area contributed by atoms with Crippen molar-refractivity contribution in [3.8, 4) is 0 Å². The number of nitrogens with one attached hydrogen (secondary N) is 1. The molecule has 12 heavy (non-hydrogen) atoms. The van der Waals surface area contributed by atoms with E-state index in [1.165, 1.54) is 0 Å². The van der Waals surface area contributed by atoms with Crippen LogP contribution in [-0.2, 0) is 9.53 Å². The Morgan fingerprint density at radius 3 is 2.83 bits per heavy atom. The highest BCUT2D eigenvalue weighted by molar-refractivity contribution is 5.77. The molecule has 0 aliphatic heterocycles. The molecule has 0 fully saturated rings. The van der Waals surface area contributed by atoms with Gasteiger partial charge in [0.25, 0.3) is 0 Å². The fourth-order valence-electron chi connectivity index (χ4n) is 0.710. The van der Waals surface area contributed by atoms with Crippen molar-refractivity contribution >= 4 is 5.91 Å². The Bertz CT molecular complexity index is 117. The molecule has 0 unspecified atom stereocenters. The summed E-state index contributed by atoms with van der Waals surface area (Å²) >= 11 is 0. The molecule has 0 bridgehead atoms. The van der Waals surface area contributed by atoms with E-state index in [-0.39, 0.29) is 19.1 Å². The van der Waals surface area contributed by atoms with Gasteiger partial charge in [-0.05, 0) is 19.8 Å². The minimum absolute atomic E-state index is 0.0882. The second-order valence-corrected chi connectivity index (χ2v) is 2.42. The molecule has 0 aromatic rings. The quantitative estimate of drug-likeness (QED) is 0.532. The van der Waals surface area contributed by atoms with Crippen molar-refractivity contribution in [3.05, 3.63) is 0 Å². The molecule has 72 valence electrons. The van der Waals surface area contributed by atoms with Crippen LogP contribution in [0, 0.1) is 0 Å². The minimum atomic E-state index is -0.0882. The molecule has 0 rings (SSSR count). The molecule has 0 radical (unpaired) electrons. The van der Waals surface area contributed by atoms with E-state index in [1.54, 1.807) is 0 Å². The standard InChI is InChI=1S/C8H17NO3/c1-2-12-7-8(11)9-5-3-4-6-10/h10H,2-7H2,1H3,(H,9,11). The molecule has 0 aliphatic rings. The second kappa shape index (κ2) is 8.49. The van der Waals surface area contributed by atoms with E-state index in [0.29, 0.717) is 13.2 Å². The Kier molecular flexibility index (Phi) is 8.05. The zero-order chi connectivity index (χ0) is 9.23. The molecule has 0 spiro atoms. The summed E-state index contributed by atoms with van der Waals surface area (Å²) in [6.45, 7) is 3.34. The molecule has 1 amide bonds. The number of hydrogen-bond donors (Lipinski definition) is 2. The zero-order valence-electron chi connectivity index (χ0n) is 7.51. The maximum absolute atomic E-state index is 10.9. The maximum Gasteiger partial charge on any atom is 0.245 e. The van der Waals surface area contributed by atoms with Crippen LogP contribution in [-0.4, -0.2) is 37.4 Å². The number of aliphatic hydroxyl groups is 1. The summed E-state index contributed by atoms with van der Waals surface area (Å²) in [5, 5.41) is 11.1. The van der Waals surface area contributed by atoms with Crippen LogP contribution in [0.15, 0.2) is 0 Å². The van der Waals surface area contributed by atoms with Crippen molar-refractivity contribution in [1.29, 1.82) is 0 Å². The van der Waals surface area contributed by atoms with Gasteiger partial charge in [0.2, 0.25) is 5.91 Å². The first kappa shape index (κ1) is 11.4. The second-order valence-electron chi connectivity index (χ2n) is 2.42. The predicted octanol–water partition coefficient (Wildman–Crippen LogP) is -0.0884. The summed E-state index contributed by atoms with van der Waals surface area (Å²) in [4.78, 5) is 10.9. The number of carbonyl (C=O) groups is 1. The first-order valence-corrected chi connectivity index (χ1v) is 4.26. The number of hydrogen-bond acceptors (Lipinski definition) is 3. The van der Waals surface area contributed by atoms with Gasteiger partial charge in [-0.25, -0.2) is 0 Å². The van der Waals surface area contributed by atoms with E-state index in [4.69, 9.17) is 9.84 Å². The number of ether oxygens (including phenoxy) is 1. The summed E-state index contributed by atoms with van der Waals surface area (Å²) in [6, 6.07) is 0. The Morgan fingerprint density at radius 1 is 1.50 bits per heavy atom. The minimum Gasteiger partial charge on any atom is -0.396 e. The van der Waals surface area contributed by atoms with Gasteiger partial charge in [0.1, 0.15) is 6.61 Å². The lowest BCUT2D eigenvalue weighted by Crippen LogP contribution is -2.28. The molecule has 0 aromatic heterocycles. The SMILES string of the molecule is CCOCC(=O)NCCCCO. The Balaban J connectivity index is 3.08. The Labute approximate surface area is 72.9 Å². The largest absolute Gasteiger partial charge is 0.396 e. The lowest BCUT2D eigenvalue weighted by Gasteiger charge is -2.03. The van der Waals surface area contributed by atoms with Gasteiger partial charge in [-0.2, -0.15) is 0 Å². The van der Waals surface area contributed by atoms with Crippen LogP contribution in [0.25, 0.3) is 0 Å². The topological polar surface area (TPSA) is 58.6 Å². The predicted molar refractivity (Wildman–Crippen MR) is 45.8 cm³/mol. The molecule has 0 saturated carbocycles. The summed E-state index contributed by atoms with van der Waals surface area (Å²) < 4.78 is 4.89. The number of amides is 1. The van der Waals surface area contributed by atoms with Crippen molar-refractivity contribution < 1.29 is 14.6 Å². The van der Waals surface area contributed by atoms with Crippen LogP contribution in [0.3, 0.4) is 0 Å². The van der Waals surface area contributed by atoms with Crippen LogP contribution in [0.4, 0.5) is 0 Å². The van der Waals surface area contributed by atoms with Crippen LogP contribution in [0.2, 0.25) is 0 Å². The van der Waals surface area contributed by atoms with Crippen LogP contribution in [0.5, 0.6) is 0 Å². The molecular weight excluding hydrogens is 158 g/mol. The number of rotatable bonds is 7. The molecule has 0 aromatic carbocycles. The van der Waals surface area contributed by atoms with E-state index in [9.17, 15) is 4.79 Å². The van der Waals surface area contributed by atoms with Gasteiger partial charge in [-0.3, -0.25) is 4.79 Å². The van der Waals surface area contributed by atoms with Crippen molar-refractivity contribution in [2.75, 3.05) is 26.4 Å². The summed E-state index contributed by atoms with van der Waals surface area (Å²) in [6.07, 6.45) is 1.54. The Hall–Kier alpha value is -0.610. The molecule has 4 heteroatoms. The van der Waals surface area contributed by atoms with Gasteiger partial charge in [0.15, 0.2) is 0 Å². The molecular formula is C8H17NO3. The van der Waals surface area contributed by atoms with Gasteiger partial charge in [0.05, 0.1) is 0 Å². The van der Waals surface area contributed by atoms with E-state index in [0.717, 1.165) is 12.8 Å². The summed E-state index contributed by atoms with van der Waals surface area (Å²) in [7, 11) is 0. The lowest BCUT2D eigenvalue weighted by molar-refractivity contribution is -0.125. The smallest absolute Gasteiger partial charge is 0.245 e. The third-order valence-electron chi connectivity index (χ3n) is 1.34. The van der Waals surface area contributed by atoms with Crippen molar-refractivity contribution in [3.63, 3.8) is 0 Å². The van der Waals surface area contributed by atoms with Gasteiger partial charge in [0, 0.05) is 19.8 Å². The maximum atomic E-state index is 10.9. The molecule has 0 aliphatic carbocycles. The highest BCUT2D eigenvalue weighted by Gasteiger charge is 1.97. The number of aliphatic hydroxyl groups excluding tert-OH is 1. The van der Waals surface area contributed by atoms with E-state index in [1.807, 2.05) is 6.92 Å². The van der Waals surface area contributed by atoms with E-state index >= 15 is 0 Å². The van der Waals surface area contributed by atoms with E-state index < -0.39 is 0 Å². The first-order chi connectivity index (χ1) is 5.81. The van der Waals surface area contributed by atoms with Gasteiger partial charge >= 0.3 is 0 Å². The van der Waals surface area contributed by atoms with E-state index in [2.05, 4.69) is 5.32 Å². The van der Waals surface area contributed by atoms with Crippen LogP contribution >= 0.6 is 0 Å². The van der Waals surface area contributed by atoms with Crippen LogP contribution < -0.4 is 5.32 Å². The summed E-state index contributed by atoms with van der Waals surface area (Å²) in [5.74, 6) is -0.0882.